The van der Waals surface area contributed by atoms with E-state index in [1.807, 2.05) is 4.68 Å². The van der Waals surface area contributed by atoms with Gasteiger partial charge in [0.05, 0.1) is 5.69 Å². The van der Waals surface area contributed by atoms with Crippen molar-refractivity contribution in [2.75, 3.05) is 26.2 Å². The Morgan fingerprint density at radius 2 is 2.05 bits per heavy atom. The molecule has 0 unspecified atom stereocenters. The smallest absolute Gasteiger partial charge is 0.169 e. The molecule has 1 aromatic heterocycles. The lowest BCUT2D eigenvalue weighted by atomic mass is 10.2. The number of aryl methyl sites for hydroxylation is 2. The molecule has 116 valence electrons. The Morgan fingerprint density at radius 3 is 2.62 bits per heavy atom. The quantitative estimate of drug-likeness (QED) is 0.850. The third-order valence-electron chi connectivity index (χ3n) is 4.33. The Balaban J connectivity index is 1.48. The first kappa shape index (κ1) is 14.8. The monoisotopic (exact) mass is 307 g/mol. The summed E-state index contributed by atoms with van der Waals surface area (Å²) in [5.41, 5.74) is 2.51. The van der Waals surface area contributed by atoms with Gasteiger partial charge in [-0.3, -0.25) is 9.58 Å². The molecule has 0 radical (unpaired) electrons. The highest BCUT2D eigenvalue weighted by molar-refractivity contribution is 7.80. The maximum Gasteiger partial charge on any atom is 0.169 e. The first-order valence-electron chi connectivity index (χ1n) is 7.96. The van der Waals surface area contributed by atoms with Gasteiger partial charge in [-0.25, -0.2) is 0 Å². The first-order chi connectivity index (χ1) is 10.2. The average molecular weight is 307 g/mol. The van der Waals surface area contributed by atoms with E-state index in [1.54, 1.807) is 0 Å². The Labute approximate surface area is 132 Å². The molecule has 2 aliphatic rings. The number of hydrogen-bond acceptors (Lipinski definition) is 3. The van der Waals surface area contributed by atoms with Crippen LogP contribution in [0.25, 0.3) is 0 Å². The molecule has 0 atom stereocenters. The molecule has 1 aromatic rings. The molecular weight excluding hydrogens is 282 g/mol. The fourth-order valence-corrected chi connectivity index (χ4v) is 3.07. The Hall–Kier alpha value is -1.14. The van der Waals surface area contributed by atoms with E-state index in [2.05, 4.69) is 40.3 Å². The predicted molar refractivity (Wildman–Crippen MR) is 88.2 cm³/mol. The molecule has 2 heterocycles. The Kier molecular flexibility index (Phi) is 4.45. The summed E-state index contributed by atoms with van der Waals surface area (Å²) in [5.74, 6) is 0. The lowest BCUT2D eigenvalue weighted by Gasteiger charge is -2.36. The molecule has 1 saturated heterocycles. The maximum atomic E-state index is 5.48. The zero-order valence-corrected chi connectivity index (χ0v) is 13.8. The second kappa shape index (κ2) is 6.32. The van der Waals surface area contributed by atoms with Crippen LogP contribution in [0.15, 0.2) is 6.20 Å². The molecule has 6 heteroatoms. The van der Waals surface area contributed by atoms with Crippen molar-refractivity contribution in [3.8, 4) is 0 Å². The molecule has 1 aliphatic heterocycles. The van der Waals surface area contributed by atoms with Crippen molar-refractivity contribution in [1.82, 2.24) is 24.9 Å². The molecule has 0 spiro atoms. The van der Waals surface area contributed by atoms with E-state index in [4.69, 9.17) is 12.2 Å². The third kappa shape index (κ3) is 3.74. The number of rotatable bonds is 4. The summed E-state index contributed by atoms with van der Waals surface area (Å²) in [4.78, 5) is 4.81. The molecule has 3 rings (SSSR count). The fourth-order valence-electron chi connectivity index (χ4n) is 2.72. The number of hydrogen-bond donors (Lipinski definition) is 1. The highest BCUT2D eigenvalue weighted by Crippen LogP contribution is 2.19. The summed E-state index contributed by atoms with van der Waals surface area (Å²) in [6, 6.07) is 0.651. The number of nitrogens with one attached hydrogen (secondary N) is 1. The molecule has 1 N–H and O–H groups in total. The minimum atomic E-state index is 0.651. The van der Waals surface area contributed by atoms with Gasteiger partial charge in [0.1, 0.15) is 0 Å². The second-order valence-corrected chi connectivity index (χ2v) is 6.47. The predicted octanol–water partition coefficient (Wildman–Crippen LogP) is 1.37. The SMILES string of the molecule is CCn1cc(CN2CCN(C(=S)NC3CC3)CC2)c(C)n1. The van der Waals surface area contributed by atoms with Gasteiger partial charge in [-0.2, -0.15) is 5.10 Å². The summed E-state index contributed by atoms with van der Waals surface area (Å²) < 4.78 is 2.02. The zero-order chi connectivity index (χ0) is 14.8. The van der Waals surface area contributed by atoms with Gasteiger partial charge < -0.3 is 10.2 Å². The first-order valence-corrected chi connectivity index (χ1v) is 8.37. The lowest BCUT2D eigenvalue weighted by Crippen LogP contribution is -2.51. The van der Waals surface area contributed by atoms with Gasteiger partial charge in [-0.1, -0.05) is 0 Å². The fraction of sp³-hybridized carbons (Fsp3) is 0.733. The average Bonchev–Trinajstić information content (AvgIpc) is 3.23. The van der Waals surface area contributed by atoms with Crippen molar-refractivity contribution in [3.63, 3.8) is 0 Å². The van der Waals surface area contributed by atoms with Crippen molar-refractivity contribution in [3.05, 3.63) is 17.5 Å². The summed E-state index contributed by atoms with van der Waals surface area (Å²) in [5, 5.41) is 8.91. The Morgan fingerprint density at radius 1 is 1.33 bits per heavy atom. The van der Waals surface area contributed by atoms with E-state index in [1.165, 1.54) is 18.4 Å². The van der Waals surface area contributed by atoms with Crippen LogP contribution < -0.4 is 5.32 Å². The van der Waals surface area contributed by atoms with Gasteiger partial charge in [-0.05, 0) is 38.9 Å². The molecular formula is C15H25N5S. The summed E-state index contributed by atoms with van der Waals surface area (Å²) in [7, 11) is 0. The standard InChI is InChI=1S/C15H25N5S/c1-3-20-11-13(12(2)17-20)10-18-6-8-19(9-7-18)15(21)16-14-4-5-14/h11,14H,3-10H2,1-2H3,(H,16,21). The largest absolute Gasteiger partial charge is 0.360 e. The summed E-state index contributed by atoms with van der Waals surface area (Å²) in [6.45, 7) is 10.4. The summed E-state index contributed by atoms with van der Waals surface area (Å²) in [6.07, 6.45) is 4.74. The van der Waals surface area contributed by atoms with E-state index < -0.39 is 0 Å². The molecule has 0 bridgehead atoms. The van der Waals surface area contributed by atoms with Crippen LogP contribution in [0, 0.1) is 6.92 Å². The van der Waals surface area contributed by atoms with Crippen LogP contribution in [0.2, 0.25) is 0 Å². The summed E-state index contributed by atoms with van der Waals surface area (Å²) >= 11 is 5.48. The van der Waals surface area contributed by atoms with E-state index in [0.717, 1.165) is 50.1 Å². The van der Waals surface area contributed by atoms with Gasteiger partial charge in [0.25, 0.3) is 0 Å². The number of aromatic nitrogens is 2. The minimum absolute atomic E-state index is 0.651. The van der Waals surface area contributed by atoms with Crippen LogP contribution in [-0.2, 0) is 13.1 Å². The molecule has 1 aliphatic carbocycles. The minimum Gasteiger partial charge on any atom is -0.360 e. The van der Waals surface area contributed by atoms with E-state index in [0.29, 0.717) is 6.04 Å². The van der Waals surface area contributed by atoms with Crippen LogP contribution in [0.4, 0.5) is 0 Å². The molecule has 21 heavy (non-hydrogen) atoms. The van der Waals surface area contributed by atoms with Crippen molar-refractivity contribution < 1.29 is 0 Å². The number of nitrogens with zero attached hydrogens (tertiary/aromatic N) is 4. The maximum absolute atomic E-state index is 5.48. The molecule has 1 saturated carbocycles. The van der Waals surface area contributed by atoms with Gasteiger partial charge >= 0.3 is 0 Å². The molecule has 0 aromatic carbocycles. The van der Waals surface area contributed by atoms with Gasteiger partial charge in [0.15, 0.2) is 5.11 Å². The van der Waals surface area contributed by atoms with E-state index in [9.17, 15) is 0 Å². The van der Waals surface area contributed by atoms with Crippen LogP contribution in [0.5, 0.6) is 0 Å². The van der Waals surface area contributed by atoms with Crippen LogP contribution in [0.1, 0.15) is 31.0 Å². The van der Waals surface area contributed by atoms with Crippen LogP contribution in [-0.4, -0.2) is 56.9 Å². The highest BCUT2D eigenvalue weighted by atomic mass is 32.1. The van der Waals surface area contributed by atoms with E-state index >= 15 is 0 Å². The molecule has 0 amide bonds. The molecule has 2 fully saturated rings. The van der Waals surface area contributed by atoms with Crippen molar-refractivity contribution >= 4 is 17.3 Å². The lowest BCUT2D eigenvalue weighted by molar-refractivity contribution is 0.174. The van der Waals surface area contributed by atoms with Crippen LogP contribution in [0.3, 0.4) is 0 Å². The van der Waals surface area contributed by atoms with E-state index in [-0.39, 0.29) is 0 Å². The van der Waals surface area contributed by atoms with Crippen LogP contribution >= 0.6 is 12.2 Å². The number of piperazine rings is 1. The zero-order valence-electron chi connectivity index (χ0n) is 13.0. The van der Waals surface area contributed by atoms with Crippen molar-refractivity contribution in [1.29, 1.82) is 0 Å². The molecule has 5 nitrogen and oxygen atoms in total. The number of thiocarbonyl (C=S) groups is 1. The topological polar surface area (TPSA) is 36.3 Å². The van der Waals surface area contributed by atoms with Gasteiger partial charge in [-0.15, -0.1) is 0 Å². The normalized spacial score (nSPS) is 19.8. The van der Waals surface area contributed by atoms with Crippen molar-refractivity contribution in [2.45, 2.75) is 45.8 Å². The van der Waals surface area contributed by atoms with Gasteiger partial charge in [0, 0.05) is 57.1 Å². The Bertz CT molecular complexity index is 500. The van der Waals surface area contributed by atoms with Crippen molar-refractivity contribution in [2.24, 2.45) is 0 Å². The second-order valence-electron chi connectivity index (χ2n) is 6.08. The van der Waals surface area contributed by atoms with Gasteiger partial charge in [0.2, 0.25) is 0 Å². The third-order valence-corrected chi connectivity index (χ3v) is 4.71. The highest BCUT2D eigenvalue weighted by Gasteiger charge is 2.25.